The number of aryl methyl sites for hydroxylation is 1. The summed E-state index contributed by atoms with van der Waals surface area (Å²) in [6, 6.07) is 15.7. The molecular formula is C28H30BrN3O3S. The van der Waals surface area contributed by atoms with Crippen LogP contribution in [-0.4, -0.2) is 54.0 Å². The molecule has 2 aromatic carbocycles. The predicted octanol–water partition coefficient (Wildman–Crippen LogP) is 5.95. The minimum Gasteiger partial charge on any atom is -0.376 e. The molecule has 1 atom stereocenters. The van der Waals surface area contributed by atoms with Crippen LogP contribution in [0.3, 0.4) is 0 Å². The molecular weight excluding hydrogens is 538 g/mol. The van der Waals surface area contributed by atoms with Crippen LogP contribution in [0, 0.1) is 12.8 Å². The maximum absolute atomic E-state index is 13.8. The van der Waals surface area contributed by atoms with Gasteiger partial charge in [-0.3, -0.25) is 14.5 Å². The minimum atomic E-state index is -0.132. The number of rotatable bonds is 6. The minimum absolute atomic E-state index is 0.0386. The van der Waals surface area contributed by atoms with Crippen molar-refractivity contribution in [2.75, 3.05) is 31.1 Å². The number of benzene rings is 2. The lowest BCUT2D eigenvalue weighted by Gasteiger charge is -2.34. The van der Waals surface area contributed by atoms with Gasteiger partial charge in [0.05, 0.1) is 18.3 Å². The van der Waals surface area contributed by atoms with Crippen molar-refractivity contribution in [1.82, 2.24) is 9.88 Å². The van der Waals surface area contributed by atoms with Crippen LogP contribution in [0.5, 0.6) is 0 Å². The van der Waals surface area contributed by atoms with E-state index in [-0.39, 0.29) is 23.8 Å². The number of halogens is 1. The van der Waals surface area contributed by atoms with E-state index in [0.717, 1.165) is 46.3 Å². The molecule has 2 aliphatic rings. The Kier molecular flexibility index (Phi) is 7.84. The third-order valence-corrected chi connectivity index (χ3v) is 8.44. The normalized spacial score (nSPS) is 18.4. The Morgan fingerprint density at radius 3 is 2.56 bits per heavy atom. The molecule has 188 valence electrons. The maximum atomic E-state index is 13.8. The molecule has 0 saturated carbocycles. The number of piperidine rings is 1. The van der Waals surface area contributed by atoms with Gasteiger partial charge in [0, 0.05) is 46.6 Å². The highest BCUT2D eigenvalue weighted by atomic mass is 79.9. The Morgan fingerprint density at radius 2 is 1.86 bits per heavy atom. The number of anilines is 1. The highest BCUT2D eigenvalue weighted by Crippen LogP contribution is 2.32. The Morgan fingerprint density at radius 1 is 1.11 bits per heavy atom. The number of aromatic nitrogens is 1. The molecule has 0 aliphatic carbocycles. The van der Waals surface area contributed by atoms with Crippen molar-refractivity contribution in [3.05, 3.63) is 69.5 Å². The summed E-state index contributed by atoms with van der Waals surface area (Å²) >= 11 is 4.98. The van der Waals surface area contributed by atoms with Gasteiger partial charge in [0.25, 0.3) is 5.91 Å². The molecule has 36 heavy (non-hydrogen) atoms. The molecule has 0 N–H and O–H groups in total. The second-order valence-electron chi connectivity index (χ2n) is 9.49. The van der Waals surface area contributed by atoms with E-state index in [1.165, 1.54) is 11.3 Å². The van der Waals surface area contributed by atoms with Crippen LogP contribution in [-0.2, 0) is 9.53 Å². The van der Waals surface area contributed by atoms with Gasteiger partial charge >= 0.3 is 0 Å². The molecule has 8 heteroatoms. The molecule has 0 spiro atoms. The monoisotopic (exact) mass is 567 g/mol. The lowest BCUT2D eigenvalue weighted by molar-refractivity contribution is -0.124. The van der Waals surface area contributed by atoms with E-state index in [1.807, 2.05) is 70.6 Å². The molecule has 0 unspecified atom stereocenters. The van der Waals surface area contributed by atoms with E-state index >= 15 is 0 Å². The van der Waals surface area contributed by atoms with Crippen molar-refractivity contribution in [3.8, 4) is 11.3 Å². The summed E-state index contributed by atoms with van der Waals surface area (Å²) in [5.74, 6) is 0.00632. The molecule has 2 saturated heterocycles. The van der Waals surface area contributed by atoms with E-state index in [0.29, 0.717) is 37.6 Å². The summed E-state index contributed by atoms with van der Waals surface area (Å²) in [6.07, 6.45) is 3.33. The number of likely N-dealkylation sites (tertiary alicyclic amines) is 1. The Bertz CT molecular complexity index is 1210. The van der Waals surface area contributed by atoms with Crippen LogP contribution in [0.25, 0.3) is 11.3 Å². The largest absolute Gasteiger partial charge is 0.376 e. The summed E-state index contributed by atoms with van der Waals surface area (Å²) in [5.41, 5.74) is 3.61. The molecule has 3 heterocycles. The highest BCUT2D eigenvalue weighted by molar-refractivity contribution is 9.10. The van der Waals surface area contributed by atoms with Crippen molar-refractivity contribution in [2.45, 2.75) is 38.7 Å². The number of carbonyl (C=O) groups excluding carboxylic acids is 2. The van der Waals surface area contributed by atoms with E-state index in [4.69, 9.17) is 9.72 Å². The van der Waals surface area contributed by atoms with Gasteiger partial charge < -0.3 is 9.64 Å². The Labute approximate surface area is 224 Å². The van der Waals surface area contributed by atoms with Crippen LogP contribution >= 0.6 is 27.3 Å². The molecule has 0 bridgehead atoms. The first kappa shape index (κ1) is 25.1. The molecule has 2 fully saturated rings. The number of carbonyl (C=O) groups is 2. The number of amides is 2. The summed E-state index contributed by atoms with van der Waals surface area (Å²) in [7, 11) is 0. The Hall–Kier alpha value is -2.55. The fourth-order valence-corrected chi connectivity index (χ4v) is 6.04. The second-order valence-corrected chi connectivity index (χ2v) is 11.2. The zero-order valence-electron chi connectivity index (χ0n) is 20.4. The van der Waals surface area contributed by atoms with Crippen molar-refractivity contribution < 1.29 is 14.3 Å². The number of thiazole rings is 1. The van der Waals surface area contributed by atoms with Gasteiger partial charge in [-0.05, 0) is 56.4 Å². The van der Waals surface area contributed by atoms with Gasteiger partial charge in [0.2, 0.25) is 5.91 Å². The molecule has 5 rings (SSSR count). The SMILES string of the molecule is Cc1ccccc1C(=O)N1CCC(C(=O)N(C[C@@H]2CCCO2)c2nc(-c3ccc(Br)cc3)cs2)CC1. The molecule has 1 aromatic heterocycles. The van der Waals surface area contributed by atoms with Crippen LogP contribution in [0.15, 0.2) is 58.4 Å². The van der Waals surface area contributed by atoms with Crippen LogP contribution in [0.2, 0.25) is 0 Å². The fourth-order valence-electron chi connectivity index (χ4n) is 4.93. The first-order chi connectivity index (χ1) is 17.5. The third-order valence-electron chi connectivity index (χ3n) is 7.05. The van der Waals surface area contributed by atoms with Crippen LogP contribution < -0.4 is 4.90 Å². The average Bonchev–Trinajstić information content (AvgIpc) is 3.60. The molecule has 3 aromatic rings. The van der Waals surface area contributed by atoms with Crippen LogP contribution in [0.4, 0.5) is 5.13 Å². The van der Waals surface area contributed by atoms with Gasteiger partial charge in [0.1, 0.15) is 0 Å². The Balaban J connectivity index is 1.30. The third kappa shape index (κ3) is 5.56. The summed E-state index contributed by atoms with van der Waals surface area (Å²) in [6.45, 7) is 4.39. The van der Waals surface area contributed by atoms with E-state index < -0.39 is 0 Å². The topological polar surface area (TPSA) is 62.7 Å². The van der Waals surface area contributed by atoms with Gasteiger partial charge in [-0.25, -0.2) is 4.98 Å². The molecule has 6 nitrogen and oxygen atoms in total. The number of hydrogen-bond acceptors (Lipinski definition) is 5. The average molecular weight is 569 g/mol. The van der Waals surface area contributed by atoms with E-state index in [2.05, 4.69) is 15.9 Å². The number of hydrogen-bond donors (Lipinski definition) is 0. The van der Waals surface area contributed by atoms with Gasteiger partial charge in [0.15, 0.2) is 5.13 Å². The van der Waals surface area contributed by atoms with Gasteiger partial charge in [-0.15, -0.1) is 11.3 Å². The molecule has 2 amide bonds. The highest BCUT2D eigenvalue weighted by Gasteiger charge is 2.34. The lowest BCUT2D eigenvalue weighted by atomic mass is 9.94. The predicted molar refractivity (Wildman–Crippen MR) is 146 cm³/mol. The van der Waals surface area contributed by atoms with Crippen molar-refractivity contribution >= 4 is 44.2 Å². The standard InChI is InChI=1S/C28H30BrN3O3S/c1-19-5-2-3-7-24(19)27(34)31-14-12-21(13-15-31)26(33)32(17-23-6-4-16-35-23)28-30-25(18-36-28)20-8-10-22(29)11-9-20/h2-3,5,7-11,18,21,23H,4,6,12-17H2,1H3/t23-/m0/s1. The second kappa shape index (κ2) is 11.2. The first-order valence-corrected chi connectivity index (χ1v) is 14.2. The first-order valence-electron chi connectivity index (χ1n) is 12.5. The van der Waals surface area contributed by atoms with Gasteiger partial charge in [-0.1, -0.05) is 46.3 Å². The molecule has 0 radical (unpaired) electrons. The van der Waals surface area contributed by atoms with Crippen molar-refractivity contribution in [1.29, 1.82) is 0 Å². The number of nitrogens with zero attached hydrogens (tertiary/aromatic N) is 3. The summed E-state index contributed by atoms with van der Waals surface area (Å²) < 4.78 is 6.90. The fraction of sp³-hybridized carbons (Fsp3) is 0.393. The summed E-state index contributed by atoms with van der Waals surface area (Å²) in [5, 5.41) is 2.73. The van der Waals surface area contributed by atoms with Gasteiger partial charge in [-0.2, -0.15) is 0 Å². The lowest BCUT2D eigenvalue weighted by Crippen LogP contribution is -2.46. The summed E-state index contributed by atoms with van der Waals surface area (Å²) in [4.78, 5) is 35.4. The van der Waals surface area contributed by atoms with Crippen LogP contribution in [0.1, 0.15) is 41.6 Å². The molecule has 2 aliphatic heterocycles. The smallest absolute Gasteiger partial charge is 0.254 e. The maximum Gasteiger partial charge on any atom is 0.254 e. The van der Waals surface area contributed by atoms with Crippen molar-refractivity contribution in [3.63, 3.8) is 0 Å². The van der Waals surface area contributed by atoms with Crippen molar-refractivity contribution in [2.24, 2.45) is 5.92 Å². The van der Waals surface area contributed by atoms with E-state index in [9.17, 15) is 9.59 Å². The van der Waals surface area contributed by atoms with E-state index in [1.54, 1.807) is 0 Å². The zero-order valence-corrected chi connectivity index (χ0v) is 22.8. The number of ether oxygens (including phenoxy) is 1. The quantitative estimate of drug-likeness (QED) is 0.369. The zero-order chi connectivity index (χ0) is 25.1.